The lowest BCUT2D eigenvalue weighted by Gasteiger charge is -2.39. The molecule has 0 amide bonds. The molecule has 0 aliphatic carbocycles. The molecule has 4 heterocycles. The molecule has 218 valence electrons. The van der Waals surface area contributed by atoms with Crippen molar-refractivity contribution in [1.29, 1.82) is 0 Å². The van der Waals surface area contributed by atoms with E-state index < -0.39 is 12.1 Å². The Hall–Kier alpha value is -3.59. The molecule has 7 nitrogen and oxygen atoms in total. The molecule has 9 heteroatoms. The highest BCUT2D eigenvalue weighted by Gasteiger charge is 2.35. The van der Waals surface area contributed by atoms with Gasteiger partial charge >= 0.3 is 5.97 Å². The summed E-state index contributed by atoms with van der Waals surface area (Å²) in [6, 6.07) is 16.3. The summed E-state index contributed by atoms with van der Waals surface area (Å²) in [4.78, 5) is 16.4. The molecule has 3 aromatic rings. The minimum absolute atomic E-state index is 0.0396. The van der Waals surface area contributed by atoms with Crippen LogP contribution >= 0.6 is 11.6 Å². The average molecular weight is 590 g/mol. The van der Waals surface area contributed by atoms with Gasteiger partial charge in [-0.3, -0.25) is 4.90 Å². The molecule has 2 N–H and O–H groups in total. The van der Waals surface area contributed by atoms with E-state index in [9.17, 15) is 14.3 Å². The van der Waals surface area contributed by atoms with Crippen molar-refractivity contribution in [2.75, 3.05) is 43.0 Å². The Balaban J connectivity index is 1.03. The van der Waals surface area contributed by atoms with Gasteiger partial charge in [-0.2, -0.15) is 0 Å². The van der Waals surface area contributed by atoms with Crippen LogP contribution in [0.1, 0.15) is 58.3 Å². The molecule has 0 bridgehead atoms. The first-order valence-electron chi connectivity index (χ1n) is 14.6. The number of hydrogen-bond acceptors (Lipinski definition) is 6. The molecule has 0 spiro atoms. The first kappa shape index (κ1) is 27.3. The number of hydrogen-bond donors (Lipinski definition) is 2. The van der Waals surface area contributed by atoms with Crippen LogP contribution in [0.2, 0.25) is 5.02 Å². The maximum Gasteiger partial charge on any atom is 0.335 e. The summed E-state index contributed by atoms with van der Waals surface area (Å²) in [6.07, 6.45) is 6.67. The Kier molecular flexibility index (Phi) is 7.30. The summed E-state index contributed by atoms with van der Waals surface area (Å²) in [5.41, 5.74) is 4.84. The standard InChI is InChI=1S/C33H33ClFN3O4/c34-23-6-7-26(27(35)17-23)30-9-5-21-2-1-3-25(32(21)42-30)20-10-13-37(14-11-20)19-31-36-28-16-22(33(39)40)4-8-29(28)38(31)18-24-12-15-41-24/h1-9,16-17,20,24,30-31,36H,10-15,18-19H2,(H,39,40). The molecule has 3 unspecified atom stereocenters. The smallest absolute Gasteiger partial charge is 0.335 e. The van der Waals surface area contributed by atoms with Crippen LogP contribution in [0.15, 0.2) is 60.7 Å². The number of rotatable bonds is 7. The fourth-order valence-electron chi connectivity index (χ4n) is 6.57. The second kappa shape index (κ2) is 11.2. The second-order valence-corrected chi connectivity index (χ2v) is 12.0. The number of aromatic carboxylic acids is 1. The Morgan fingerprint density at radius 1 is 1.05 bits per heavy atom. The second-order valence-electron chi connectivity index (χ2n) is 11.5. The lowest BCUT2D eigenvalue weighted by Crippen LogP contribution is -2.51. The van der Waals surface area contributed by atoms with Crippen molar-refractivity contribution in [3.63, 3.8) is 0 Å². The lowest BCUT2D eigenvalue weighted by molar-refractivity contribution is -0.0452. The minimum atomic E-state index is -0.925. The van der Waals surface area contributed by atoms with Crippen molar-refractivity contribution in [3.8, 4) is 5.75 Å². The molecule has 3 aromatic carbocycles. The number of piperidine rings is 1. The van der Waals surface area contributed by atoms with Gasteiger partial charge in [0.15, 0.2) is 0 Å². The first-order valence-corrected chi connectivity index (χ1v) is 15.0. The number of benzene rings is 3. The van der Waals surface area contributed by atoms with Crippen LogP contribution < -0.4 is 15.0 Å². The highest BCUT2D eigenvalue weighted by molar-refractivity contribution is 6.30. The average Bonchev–Trinajstić information content (AvgIpc) is 3.30. The van der Waals surface area contributed by atoms with Crippen LogP contribution in [0.3, 0.4) is 0 Å². The van der Waals surface area contributed by atoms with E-state index in [1.165, 1.54) is 11.6 Å². The van der Waals surface area contributed by atoms with Gasteiger partial charge in [0.1, 0.15) is 23.8 Å². The van der Waals surface area contributed by atoms with Crippen molar-refractivity contribution in [3.05, 3.63) is 93.8 Å². The number of carbonyl (C=O) groups is 1. The highest BCUT2D eigenvalue weighted by Crippen LogP contribution is 2.43. The molecule has 0 aromatic heterocycles. The maximum atomic E-state index is 14.7. The zero-order valence-electron chi connectivity index (χ0n) is 23.1. The van der Waals surface area contributed by atoms with Gasteiger partial charge < -0.3 is 24.8 Å². The highest BCUT2D eigenvalue weighted by atomic mass is 35.5. The van der Waals surface area contributed by atoms with Crippen LogP contribution in [-0.2, 0) is 4.74 Å². The van der Waals surface area contributed by atoms with Crippen LogP contribution in [0.4, 0.5) is 15.8 Å². The van der Waals surface area contributed by atoms with Crippen LogP contribution in [0.25, 0.3) is 6.08 Å². The third kappa shape index (κ3) is 5.23. The minimum Gasteiger partial charge on any atom is -0.481 e. The van der Waals surface area contributed by atoms with Crippen molar-refractivity contribution in [2.24, 2.45) is 0 Å². The van der Waals surface area contributed by atoms with Gasteiger partial charge in [-0.15, -0.1) is 0 Å². The number of likely N-dealkylation sites (tertiary alicyclic amines) is 1. The Bertz CT molecular complexity index is 1540. The summed E-state index contributed by atoms with van der Waals surface area (Å²) >= 11 is 5.97. The zero-order chi connectivity index (χ0) is 28.8. The number of ether oxygens (including phenoxy) is 2. The third-order valence-electron chi connectivity index (χ3n) is 8.94. The lowest BCUT2D eigenvalue weighted by atomic mass is 9.87. The van der Waals surface area contributed by atoms with E-state index in [0.717, 1.165) is 74.7 Å². The number of nitrogens with zero attached hydrogens (tertiary/aromatic N) is 2. The molecule has 42 heavy (non-hydrogen) atoms. The molecule has 4 aliphatic rings. The number of fused-ring (bicyclic) bond motifs is 2. The first-order chi connectivity index (χ1) is 20.4. The van der Waals surface area contributed by atoms with Gasteiger partial charge in [-0.1, -0.05) is 41.9 Å². The van der Waals surface area contributed by atoms with E-state index >= 15 is 0 Å². The van der Waals surface area contributed by atoms with Crippen LogP contribution in [0.5, 0.6) is 5.75 Å². The number of carboxylic acid groups (broad SMARTS) is 1. The zero-order valence-corrected chi connectivity index (χ0v) is 23.9. The van der Waals surface area contributed by atoms with E-state index in [1.807, 2.05) is 24.3 Å². The van der Waals surface area contributed by atoms with Crippen LogP contribution in [0, 0.1) is 5.82 Å². The molecule has 7 rings (SSSR count). The largest absolute Gasteiger partial charge is 0.481 e. The van der Waals surface area contributed by atoms with Crippen molar-refractivity contribution < 1.29 is 23.8 Å². The molecule has 0 radical (unpaired) electrons. The SMILES string of the molecule is O=C(O)c1ccc2c(c1)NC(CN1CCC(c3cccc4c3OC(c3ccc(Cl)cc3F)C=C4)CC1)N2CC1CCO1. The maximum absolute atomic E-state index is 14.7. The quantitative estimate of drug-likeness (QED) is 0.324. The Morgan fingerprint density at radius 2 is 1.88 bits per heavy atom. The molecule has 2 saturated heterocycles. The predicted molar refractivity (Wildman–Crippen MR) is 161 cm³/mol. The molecule has 4 aliphatic heterocycles. The summed E-state index contributed by atoms with van der Waals surface area (Å²) < 4.78 is 26.9. The summed E-state index contributed by atoms with van der Waals surface area (Å²) in [5, 5.41) is 13.4. The summed E-state index contributed by atoms with van der Waals surface area (Å²) in [6.45, 7) is 4.27. The van der Waals surface area contributed by atoms with E-state index in [0.29, 0.717) is 16.5 Å². The van der Waals surface area contributed by atoms with E-state index in [4.69, 9.17) is 21.1 Å². The monoisotopic (exact) mass is 589 g/mol. The molecule has 3 atom stereocenters. The van der Waals surface area contributed by atoms with Crippen LogP contribution in [-0.4, -0.2) is 61.0 Å². The van der Waals surface area contributed by atoms with Gasteiger partial charge in [0.05, 0.1) is 23.0 Å². The molecular weight excluding hydrogens is 557 g/mol. The van der Waals surface area contributed by atoms with Crippen molar-refractivity contribution >= 4 is 35.0 Å². The normalized spacial score (nSPS) is 23.5. The fourth-order valence-corrected chi connectivity index (χ4v) is 6.73. The molecule has 0 saturated carbocycles. The topological polar surface area (TPSA) is 74.3 Å². The van der Waals surface area contributed by atoms with E-state index in [-0.39, 0.29) is 23.7 Å². The summed E-state index contributed by atoms with van der Waals surface area (Å²) in [7, 11) is 0. The molecule has 2 fully saturated rings. The third-order valence-corrected chi connectivity index (χ3v) is 9.18. The Labute approximate surface area is 249 Å². The van der Waals surface area contributed by atoms with Gasteiger partial charge in [0.2, 0.25) is 0 Å². The predicted octanol–water partition coefficient (Wildman–Crippen LogP) is 6.55. The summed E-state index contributed by atoms with van der Waals surface area (Å²) in [5.74, 6) is -0.117. The van der Waals surface area contributed by atoms with Gasteiger partial charge in [0.25, 0.3) is 0 Å². The van der Waals surface area contributed by atoms with Gasteiger partial charge in [-0.05, 0) is 80.2 Å². The van der Waals surface area contributed by atoms with E-state index in [2.05, 4.69) is 27.2 Å². The number of halogens is 2. The van der Waals surface area contributed by atoms with Crippen molar-refractivity contribution in [2.45, 2.75) is 43.6 Å². The number of carboxylic acids is 1. The van der Waals surface area contributed by atoms with Gasteiger partial charge in [-0.25, -0.2) is 9.18 Å². The van der Waals surface area contributed by atoms with E-state index in [1.54, 1.807) is 24.3 Å². The Morgan fingerprint density at radius 3 is 2.62 bits per heavy atom. The van der Waals surface area contributed by atoms with Gasteiger partial charge in [0, 0.05) is 35.8 Å². The molecular formula is C33H33ClFN3O4. The number of nitrogens with one attached hydrogen (secondary N) is 1. The fraction of sp³-hybridized carbons (Fsp3) is 0.364. The number of anilines is 2. The van der Waals surface area contributed by atoms with Crippen molar-refractivity contribution in [1.82, 2.24) is 4.90 Å². The number of para-hydroxylation sites is 1.